The van der Waals surface area contributed by atoms with Crippen molar-refractivity contribution in [2.45, 2.75) is 74.3 Å². The first-order chi connectivity index (χ1) is 6.89. The Morgan fingerprint density at radius 1 is 0.800 bits per heavy atom. The third kappa shape index (κ3) is 4.55. The smallest absolute Gasteiger partial charge is 0.0582 e. The lowest BCUT2D eigenvalue weighted by Gasteiger charge is -2.34. The van der Waals surface area contributed by atoms with Crippen LogP contribution in [0.3, 0.4) is 0 Å². The zero-order chi connectivity index (χ0) is 12.7. The molecule has 1 nitrogen and oxygen atoms in total. The second-order valence-electron chi connectivity index (χ2n) is 5.03. The zero-order valence-corrected chi connectivity index (χ0v) is 12.4. The fraction of sp³-hybridized carbons (Fsp3) is 1.00. The minimum absolute atomic E-state index is 0.438. The third-order valence-corrected chi connectivity index (χ3v) is 3.64. The summed E-state index contributed by atoms with van der Waals surface area (Å²) in [6, 6.07) is 0. The first-order valence-corrected chi connectivity index (χ1v) is 6.42. The molecule has 0 bridgehead atoms. The van der Waals surface area contributed by atoms with Crippen LogP contribution in [0.15, 0.2) is 0 Å². The maximum atomic E-state index is 5.38. The van der Waals surface area contributed by atoms with Gasteiger partial charge in [0.05, 0.1) is 6.10 Å². The van der Waals surface area contributed by atoms with Crippen LogP contribution in [0, 0.1) is 10.8 Å². The molecule has 0 unspecified atom stereocenters. The Balaban J connectivity index is 0. The Bertz CT molecular complexity index is 131. The molecule has 0 amide bonds. The van der Waals surface area contributed by atoms with Gasteiger partial charge in [-0.25, -0.2) is 0 Å². The van der Waals surface area contributed by atoms with Crippen LogP contribution in [0.5, 0.6) is 0 Å². The minimum atomic E-state index is 0.438. The molecule has 0 atom stereocenters. The van der Waals surface area contributed by atoms with Crippen LogP contribution in [0.1, 0.15) is 68.2 Å². The standard InChI is InChI=1S/C10H20O.2C2H6/c1-9(2)6-8(11-5)7-10(9,3)4;2*1-2/h8H,6-7H2,1-5H3;2*1-2H3. The Morgan fingerprint density at radius 2 is 1.07 bits per heavy atom. The van der Waals surface area contributed by atoms with Crippen LogP contribution in [-0.4, -0.2) is 13.2 Å². The van der Waals surface area contributed by atoms with E-state index >= 15 is 0 Å². The van der Waals surface area contributed by atoms with Gasteiger partial charge in [0.15, 0.2) is 0 Å². The average Bonchev–Trinajstić information content (AvgIpc) is 2.42. The monoisotopic (exact) mass is 216 g/mol. The molecule has 0 saturated heterocycles. The quantitative estimate of drug-likeness (QED) is 0.606. The number of methoxy groups -OCH3 is 1. The van der Waals surface area contributed by atoms with Crippen LogP contribution in [0.4, 0.5) is 0 Å². The van der Waals surface area contributed by atoms with Crippen LogP contribution < -0.4 is 0 Å². The van der Waals surface area contributed by atoms with Crippen molar-refractivity contribution in [3.8, 4) is 0 Å². The maximum absolute atomic E-state index is 5.38. The van der Waals surface area contributed by atoms with E-state index in [0.29, 0.717) is 16.9 Å². The van der Waals surface area contributed by atoms with Crippen LogP contribution >= 0.6 is 0 Å². The molecule has 1 aliphatic carbocycles. The van der Waals surface area contributed by atoms with Gasteiger partial charge in [-0.2, -0.15) is 0 Å². The van der Waals surface area contributed by atoms with Gasteiger partial charge in [-0.3, -0.25) is 0 Å². The number of hydrogen-bond acceptors (Lipinski definition) is 1. The van der Waals surface area contributed by atoms with E-state index in [1.54, 1.807) is 0 Å². The van der Waals surface area contributed by atoms with Crippen molar-refractivity contribution < 1.29 is 4.74 Å². The molecule has 0 aliphatic heterocycles. The van der Waals surface area contributed by atoms with Crippen LogP contribution in [-0.2, 0) is 4.74 Å². The van der Waals surface area contributed by atoms with E-state index in [9.17, 15) is 0 Å². The summed E-state index contributed by atoms with van der Waals surface area (Å²) in [4.78, 5) is 0. The second kappa shape index (κ2) is 7.27. The Hall–Kier alpha value is -0.0400. The van der Waals surface area contributed by atoms with Crippen molar-refractivity contribution >= 4 is 0 Å². The maximum Gasteiger partial charge on any atom is 0.0582 e. The summed E-state index contributed by atoms with van der Waals surface area (Å²) >= 11 is 0. The molecule has 15 heavy (non-hydrogen) atoms. The van der Waals surface area contributed by atoms with Gasteiger partial charge in [-0.1, -0.05) is 55.4 Å². The van der Waals surface area contributed by atoms with E-state index in [-0.39, 0.29) is 0 Å². The molecule has 1 saturated carbocycles. The summed E-state index contributed by atoms with van der Waals surface area (Å²) < 4.78 is 5.38. The highest BCUT2D eigenvalue weighted by molar-refractivity contribution is 4.96. The van der Waals surface area contributed by atoms with Crippen molar-refractivity contribution in [2.75, 3.05) is 7.11 Å². The molecule has 0 spiro atoms. The topological polar surface area (TPSA) is 9.23 Å². The molecule has 1 rings (SSSR count). The van der Waals surface area contributed by atoms with Gasteiger partial charge in [-0.05, 0) is 23.7 Å². The summed E-state index contributed by atoms with van der Waals surface area (Å²) in [6.07, 6.45) is 2.90. The number of rotatable bonds is 1. The second-order valence-corrected chi connectivity index (χ2v) is 5.03. The lowest BCUT2D eigenvalue weighted by Crippen LogP contribution is -2.25. The highest BCUT2D eigenvalue weighted by Crippen LogP contribution is 2.52. The van der Waals surface area contributed by atoms with Crippen LogP contribution in [0.2, 0.25) is 0 Å². The summed E-state index contributed by atoms with van der Waals surface area (Å²) in [5, 5.41) is 0. The Kier molecular flexibility index (Phi) is 8.41. The molecule has 94 valence electrons. The van der Waals surface area contributed by atoms with Gasteiger partial charge >= 0.3 is 0 Å². The van der Waals surface area contributed by atoms with Gasteiger partial charge < -0.3 is 4.74 Å². The molecular formula is C14H32O. The molecular weight excluding hydrogens is 184 g/mol. The van der Waals surface area contributed by atoms with Crippen LogP contribution in [0.25, 0.3) is 0 Å². The Labute approximate surface area is 97.6 Å². The van der Waals surface area contributed by atoms with E-state index in [1.807, 2.05) is 34.8 Å². The molecule has 0 aromatic rings. The van der Waals surface area contributed by atoms with Gasteiger partial charge in [0.2, 0.25) is 0 Å². The average molecular weight is 216 g/mol. The highest BCUT2D eigenvalue weighted by Gasteiger charge is 2.46. The predicted molar refractivity (Wildman–Crippen MR) is 70.3 cm³/mol. The largest absolute Gasteiger partial charge is 0.381 e. The highest BCUT2D eigenvalue weighted by atomic mass is 16.5. The first kappa shape index (κ1) is 17.4. The molecule has 1 heteroatoms. The fourth-order valence-electron chi connectivity index (χ4n) is 1.93. The Morgan fingerprint density at radius 3 is 1.20 bits per heavy atom. The van der Waals surface area contributed by atoms with Crippen molar-refractivity contribution in [3.05, 3.63) is 0 Å². The van der Waals surface area contributed by atoms with Gasteiger partial charge in [-0.15, -0.1) is 0 Å². The molecule has 0 aromatic carbocycles. The van der Waals surface area contributed by atoms with Crippen molar-refractivity contribution in [2.24, 2.45) is 10.8 Å². The van der Waals surface area contributed by atoms with Gasteiger partial charge in [0.25, 0.3) is 0 Å². The van der Waals surface area contributed by atoms with Crippen molar-refractivity contribution in [1.29, 1.82) is 0 Å². The first-order valence-electron chi connectivity index (χ1n) is 6.42. The van der Waals surface area contributed by atoms with E-state index in [4.69, 9.17) is 4.74 Å². The molecule has 0 aromatic heterocycles. The molecule has 0 radical (unpaired) electrons. The summed E-state index contributed by atoms with van der Waals surface area (Å²) in [6.45, 7) is 17.4. The van der Waals surface area contributed by atoms with Gasteiger partial charge in [0.1, 0.15) is 0 Å². The number of ether oxygens (including phenoxy) is 1. The van der Waals surface area contributed by atoms with Gasteiger partial charge in [0, 0.05) is 7.11 Å². The predicted octanol–water partition coefficient (Wildman–Crippen LogP) is 4.90. The molecule has 1 aliphatic rings. The minimum Gasteiger partial charge on any atom is -0.381 e. The third-order valence-electron chi connectivity index (χ3n) is 3.64. The summed E-state index contributed by atoms with van der Waals surface area (Å²) in [5.74, 6) is 0. The summed E-state index contributed by atoms with van der Waals surface area (Å²) in [7, 11) is 1.82. The normalized spacial score (nSPS) is 22.2. The summed E-state index contributed by atoms with van der Waals surface area (Å²) in [5.41, 5.74) is 0.876. The molecule has 0 N–H and O–H groups in total. The lowest BCUT2D eigenvalue weighted by molar-refractivity contribution is 0.0983. The zero-order valence-electron chi connectivity index (χ0n) is 12.4. The van der Waals surface area contributed by atoms with E-state index in [2.05, 4.69) is 27.7 Å². The van der Waals surface area contributed by atoms with Crippen molar-refractivity contribution in [3.63, 3.8) is 0 Å². The fourth-order valence-corrected chi connectivity index (χ4v) is 1.93. The van der Waals surface area contributed by atoms with E-state index in [0.717, 1.165) is 0 Å². The molecule has 0 heterocycles. The van der Waals surface area contributed by atoms with Crippen molar-refractivity contribution in [1.82, 2.24) is 0 Å². The SMILES string of the molecule is CC.CC.COC1CC(C)(C)C(C)(C)C1. The van der Waals surface area contributed by atoms with E-state index < -0.39 is 0 Å². The van der Waals surface area contributed by atoms with E-state index in [1.165, 1.54) is 12.8 Å². The number of hydrogen-bond donors (Lipinski definition) is 0. The molecule has 1 fully saturated rings. The lowest BCUT2D eigenvalue weighted by atomic mass is 9.71.